The maximum absolute atomic E-state index is 5.87. The average molecular weight is 273 g/mol. The van der Waals surface area contributed by atoms with Crippen LogP contribution < -0.4 is 10.1 Å². The highest BCUT2D eigenvalue weighted by Crippen LogP contribution is 2.16. The first-order valence-corrected chi connectivity index (χ1v) is 7.11. The van der Waals surface area contributed by atoms with E-state index in [0.717, 1.165) is 31.1 Å². The molecule has 0 fully saturated rings. The van der Waals surface area contributed by atoms with Gasteiger partial charge in [0.25, 0.3) is 0 Å². The molecule has 1 heterocycles. The van der Waals surface area contributed by atoms with Gasteiger partial charge in [-0.05, 0) is 37.6 Å². The van der Waals surface area contributed by atoms with Gasteiger partial charge in [0.05, 0.1) is 5.69 Å². The van der Waals surface area contributed by atoms with E-state index >= 15 is 0 Å². The molecule has 1 aromatic heterocycles. The van der Waals surface area contributed by atoms with Crippen LogP contribution in [0.15, 0.2) is 30.3 Å². The zero-order chi connectivity index (χ0) is 14.4. The molecule has 0 aliphatic carbocycles. The van der Waals surface area contributed by atoms with Gasteiger partial charge < -0.3 is 10.1 Å². The van der Waals surface area contributed by atoms with Crippen molar-refractivity contribution in [3.05, 3.63) is 47.2 Å². The molecule has 1 N–H and O–H groups in total. The molecule has 108 valence electrons. The van der Waals surface area contributed by atoms with Gasteiger partial charge in [-0.15, -0.1) is 0 Å². The van der Waals surface area contributed by atoms with Crippen LogP contribution in [0.1, 0.15) is 23.7 Å². The van der Waals surface area contributed by atoms with Crippen molar-refractivity contribution < 1.29 is 4.74 Å². The molecule has 2 rings (SSSR count). The van der Waals surface area contributed by atoms with Gasteiger partial charge in [-0.1, -0.05) is 31.2 Å². The molecule has 0 spiro atoms. The molecule has 0 aliphatic rings. The van der Waals surface area contributed by atoms with Gasteiger partial charge in [-0.25, -0.2) is 4.68 Å². The molecule has 0 bridgehead atoms. The number of hydrogen-bond donors (Lipinski definition) is 1. The number of nitrogens with zero attached hydrogens (tertiary/aromatic N) is 2. The van der Waals surface area contributed by atoms with E-state index in [0.29, 0.717) is 6.61 Å². The van der Waals surface area contributed by atoms with E-state index < -0.39 is 0 Å². The number of nitrogens with one attached hydrogen (secondary N) is 1. The van der Waals surface area contributed by atoms with Crippen molar-refractivity contribution in [1.29, 1.82) is 0 Å². The van der Waals surface area contributed by atoms with Gasteiger partial charge in [-0.2, -0.15) is 5.10 Å². The molecule has 20 heavy (non-hydrogen) atoms. The fraction of sp³-hybridized carbons (Fsp3) is 0.438. The molecular formula is C16H23N3O. The van der Waals surface area contributed by atoms with Gasteiger partial charge in [0.15, 0.2) is 0 Å². The van der Waals surface area contributed by atoms with Crippen LogP contribution in [-0.2, 0) is 20.1 Å². The van der Waals surface area contributed by atoms with Crippen LogP contribution in [0.3, 0.4) is 0 Å². The summed E-state index contributed by atoms with van der Waals surface area (Å²) in [5.74, 6) is 0.809. The Morgan fingerprint density at radius 1 is 1.25 bits per heavy atom. The van der Waals surface area contributed by atoms with E-state index in [1.165, 1.54) is 11.1 Å². The predicted octanol–water partition coefficient (Wildman–Crippen LogP) is 2.46. The summed E-state index contributed by atoms with van der Waals surface area (Å²) >= 11 is 0. The molecular weight excluding hydrogens is 250 g/mol. The van der Waals surface area contributed by atoms with Crippen LogP contribution in [0.25, 0.3) is 0 Å². The maximum atomic E-state index is 5.87. The van der Waals surface area contributed by atoms with Crippen LogP contribution in [0.2, 0.25) is 0 Å². The molecule has 0 aliphatic heterocycles. The smallest absolute Gasteiger partial charge is 0.212 e. The lowest BCUT2D eigenvalue weighted by Gasteiger charge is -2.11. The first-order chi connectivity index (χ1) is 9.70. The van der Waals surface area contributed by atoms with E-state index in [1.54, 1.807) is 4.68 Å². The minimum Gasteiger partial charge on any atom is -0.473 e. The summed E-state index contributed by atoms with van der Waals surface area (Å²) in [4.78, 5) is 0. The zero-order valence-corrected chi connectivity index (χ0v) is 12.5. The quantitative estimate of drug-likeness (QED) is 0.788. The minimum absolute atomic E-state index is 0.585. The summed E-state index contributed by atoms with van der Waals surface area (Å²) in [5.41, 5.74) is 3.56. The third kappa shape index (κ3) is 3.84. The molecule has 0 atom stereocenters. The molecule has 0 amide bonds. The van der Waals surface area contributed by atoms with Crippen molar-refractivity contribution in [3.8, 4) is 5.88 Å². The van der Waals surface area contributed by atoms with Crippen molar-refractivity contribution in [2.75, 3.05) is 13.1 Å². The fourth-order valence-electron chi connectivity index (χ4n) is 2.22. The van der Waals surface area contributed by atoms with E-state index in [-0.39, 0.29) is 0 Å². The molecule has 1 aromatic carbocycles. The number of rotatable bonds is 7. The lowest BCUT2D eigenvalue weighted by molar-refractivity contribution is 0.277. The standard InChI is InChI=1S/C16H23N3O/c1-4-17-10-9-14-7-5-6-8-15(14)12-20-16-11-13(2)18-19(16)3/h5-8,11,17H,4,9-10,12H2,1-3H3. The molecule has 0 radical (unpaired) electrons. The Hall–Kier alpha value is -1.81. The van der Waals surface area contributed by atoms with E-state index in [2.05, 4.69) is 41.6 Å². The second kappa shape index (κ2) is 7.10. The lowest BCUT2D eigenvalue weighted by Crippen LogP contribution is -2.17. The predicted molar refractivity (Wildman–Crippen MR) is 81.0 cm³/mol. The van der Waals surface area contributed by atoms with Crippen LogP contribution in [-0.4, -0.2) is 22.9 Å². The summed E-state index contributed by atoms with van der Waals surface area (Å²) in [6.45, 7) is 6.68. The monoisotopic (exact) mass is 273 g/mol. The number of benzene rings is 1. The number of aryl methyl sites for hydroxylation is 2. The first kappa shape index (κ1) is 14.6. The Balaban J connectivity index is 2.00. The number of ether oxygens (including phenoxy) is 1. The SMILES string of the molecule is CCNCCc1ccccc1COc1cc(C)nn1C. The van der Waals surface area contributed by atoms with Crippen molar-refractivity contribution in [3.63, 3.8) is 0 Å². The van der Waals surface area contributed by atoms with Crippen LogP contribution >= 0.6 is 0 Å². The Kier molecular flexibility index (Phi) is 5.18. The Bertz CT molecular complexity index is 548. The highest BCUT2D eigenvalue weighted by molar-refractivity contribution is 5.27. The lowest BCUT2D eigenvalue weighted by atomic mass is 10.1. The van der Waals surface area contributed by atoms with E-state index in [1.807, 2.05) is 20.0 Å². The summed E-state index contributed by atoms with van der Waals surface area (Å²) in [6, 6.07) is 10.4. The third-order valence-electron chi connectivity index (χ3n) is 3.27. The Labute approximate surface area is 120 Å². The number of likely N-dealkylation sites (N-methyl/N-ethyl adjacent to an activating group) is 1. The van der Waals surface area contributed by atoms with Crippen molar-refractivity contribution >= 4 is 0 Å². The van der Waals surface area contributed by atoms with Crippen LogP contribution in [0.5, 0.6) is 5.88 Å². The molecule has 0 saturated heterocycles. The molecule has 0 saturated carbocycles. The zero-order valence-electron chi connectivity index (χ0n) is 12.5. The van der Waals surface area contributed by atoms with Gasteiger partial charge in [0.2, 0.25) is 5.88 Å². The van der Waals surface area contributed by atoms with Gasteiger partial charge in [0, 0.05) is 13.1 Å². The fourth-order valence-corrected chi connectivity index (χ4v) is 2.22. The Morgan fingerprint density at radius 3 is 2.65 bits per heavy atom. The molecule has 4 nitrogen and oxygen atoms in total. The second-order valence-electron chi connectivity index (χ2n) is 4.91. The summed E-state index contributed by atoms with van der Waals surface area (Å²) in [5, 5.41) is 7.64. The molecule has 2 aromatic rings. The first-order valence-electron chi connectivity index (χ1n) is 7.11. The number of aromatic nitrogens is 2. The summed E-state index contributed by atoms with van der Waals surface area (Å²) < 4.78 is 7.65. The highest BCUT2D eigenvalue weighted by atomic mass is 16.5. The van der Waals surface area contributed by atoms with Gasteiger partial charge in [-0.3, -0.25) is 0 Å². The third-order valence-corrected chi connectivity index (χ3v) is 3.27. The Morgan fingerprint density at radius 2 is 2.00 bits per heavy atom. The number of hydrogen-bond acceptors (Lipinski definition) is 3. The second-order valence-corrected chi connectivity index (χ2v) is 4.91. The molecule has 0 unspecified atom stereocenters. The van der Waals surface area contributed by atoms with Gasteiger partial charge >= 0.3 is 0 Å². The van der Waals surface area contributed by atoms with Crippen LogP contribution in [0, 0.1) is 6.92 Å². The van der Waals surface area contributed by atoms with Gasteiger partial charge in [0.1, 0.15) is 6.61 Å². The largest absolute Gasteiger partial charge is 0.473 e. The van der Waals surface area contributed by atoms with Crippen LogP contribution in [0.4, 0.5) is 0 Å². The van der Waals surface area contributed by atoms with Crippen molar-refractivity contribution in [2.24, 2.45) is 7.05 Å². The topological polar surface area (TPSA) is 39.1 Å². The van der Waals surface area contributed by atoms with E-state index in [4.69, 9.17) is 4.74 Å². The van der Waals surface area contributed by atoms with E-state index in [9.17, 15) is 0 Å². The average Bonchev–Trinajstić information content (AvgIpc) is 2.76. The summed E-state index contributed by atoms with van der Waals surface area (Å²) in [7, 11) is 1.90. The van der Waals surface area contributed by atoms with Crippen molar-refractivity contribution in [1.82, 2.24) is 15.1 Å². The highest BCUT2D eigenvalue weighted by Gasteiger charge is 2.06. The normalized spacial score (nSPS) is 10.8. The summed E-state index contributed by atoms with van der Waals surface area (Å²) in [6.07, 6.45) is 1.03. The maximum Gasteiger partial charge on any atom is 0.212 e. The minimum atomic E-state index is 0.585. The molecule has 4 heteroatoms. The van der Waals surface area contributed by atoms with Crippen molar-refractivity contribution in [2.45, 2.75) is 26.9 Å².